The van der Waals surface area contributed by atoms with Crippen LogP contribution in [0.15, 0.2) is 0 Å². The highest BCUT2D eigenvalue weighted by molar-refractivity contribution is 6.18. The second kappa shape index (κ2) is 11.3. The Hall–Kier alpha value is 0.210. The Morgan fingerprint density at radius 3 is 2.43 bits per heavy atom. The highest BCUT2D eigenvalue weighted by Gasteiger charge is 1.99. The molecule has 0 aromatic rings. The maximum Gasteiger partial charge on any atom is 0.0799 e. The molecule has 0 aliphatic heterocycles. The molecule has 3 heteroatoms. The Morgan fingerprint density at radius 2 is 1.79 bits per heavy atom. The molecule has 0 aromatic carbocycles. The second-order valence-electron chi connectivity index (χ2n) is 3.78. The average Bonchev–Trinajstić information content (AvgIpc) is 2.21. The number of nitrogens with one attached hydrogen (secondary N) is 1. The third kappa shape index (κ3) is 10.3. The molecule has 0 aromatic heterocycles. The molecule has 0 heterocycles. The lowest BCUT2D eigenvalue weighted by molar-refractivity contribution is 0.194. The van der Waals surface area contributed by atoms with Crippen molar-refractivity contribution in [2.45, 2.75) is 51.6 Å². The van der Waals surface area contributed by atoms with E-state index in [1.807, 2.05) is 0 Å². The van der Waals surface area contributed by atoms with E-state index in [1.165, 1.54) is 38.5 Å². The van der Waals surface area contributed by atoms with E-state index < -0.39 is 6.10 Å². The van der Waals surface area contributed by atoms with Gasteiger partial charge < -0.3 is 10.4 Å². The van der Waals surface area contributed by atoms with E-state index in [0.717, 1.165) is 6.54 Å². The molecular weight excluding hydrogens is 198 g/mol. The van der Waals surface area contributed by atoms with Gasteiger partial charge in [0.1, 0.15) is 0 Å². The van der Waals surface area contributed by atoms with Gasteiger partial charge >= 0.3 is 0 Å². The normalized spacial score (nSPS) is 13.1. The Morgan fingerprint density at radius 1 is 1.14 bits per heavy atom. The maximum atomic E-state index is 9.14. The van der Waals surface area contributed by atoms with E-state index in [1.54, 1.807) is 0 Å². The lowest BCUT2D eigenvalue weighted by Crippen LogP contribution is -2.28. The minimum absolute atomic E-state index is 0.323. The molecule has 0 spiro atoms. The van der Waals surface area contributed by atoms with Crippen LogP contribution in [0.2, 0.25) is 0 Å². The molecular formula is C11H24ClNO. The van der Waals surface area contributed by atoms with Crippen molar-refractivity contribution in [1.82, 2.24) is 5.32 Å². The Bertz CT molecular complexity index is 111. The van der Waals surface area contributed by atoms with E-state index in [0.29, 0.717) is 12.4 Å². The molecule has 0 saturated heterocycles. The number of aliphatic hydroxyl groups is 1. The van der Waals surface area contributed by atoms with Crippen molar-refractivity contribution in [1.29, 1.82) is 0 Å². The van der Waals surface area contributed by atoms with Gasteiger partial charge in [-0.2, -0.15) is 0 Å². The van der Waals surface area contributed by atoms with Gasteiger partial charge in [-0.25, -0.2) is 0 Å². The van der Waals surface area contributed by atoms with Gasteiger partial charge in [0.15, 0.2) is 0 Å². The minimum atomic E-state index is -0.392. The molecule has 86 valence electrons. The van der Waals surface area contributed by atoms with Crippen LogP contribution in [0.1, 0.15) is 45.4 Å². The topological polar surface area (TPSA) is 32.3 Å². The van der Waals surface area contributed by atoms with Crippen molar-refractivity contribution in [3.8, 4) is 0 Å². The molecule has 1 atom stereocenters. The number of hydrogen-bond donors (Lipinski definition) is 2. The molecule has 2 nitrogen and oxygen atoms in total. The first-order valence-electron chi connectivity index (χ1n) is 5.76. The van der Waals surface area contributed by atoms with Crippen molar-refractivity contribution >= 4 is 11.6 Å². The summed E-state index contributed by atoms with van der Waals surface area (Å²) < 4.78 is 0. The molecule has 2 N–H and O–H groups in total. The van der Waals surface area contributed by atoms with E-state index in [-0.39, 0.29) is 0 Å². The largest absolute Gasteiger partial charge is 0.391 e. The quantitative estimate of drug-likeness (QED) is 0.439. The summed E-state index contributed by atoms with van der Waals surface area (Å²) >= 11 is 5.46. The van der Waals surface area contributed by atoms with Gasteiger partial charge in [0.2, 0.25) is 0 Å². The first-order chi connectivity index (χ1) is 6.81. The lowest BCUT2D eigenvalue weighted by Gasteiger charge is -2.08. The molecule has 0 amide bonds. The number of rotatable bonds is 10. The number of halogens is 1. The van der Waals surface area contributed by atoms with Gasteiger partial charge in [-0.15, -0.1) is 11.6 Å². The summed E-state index contributed by atoms with van der Waals surface area (Å²) in [4.78, 5) is 0. The van der Waals surface area contributed by atoms with Crippen LogP contribution in [0.4, 0.5) is 0 Å². The van der Waals surface area contributed by atoms with Crippen LogP contribution >= 0.6 is 11.6 Å². The van der Waals surface area contributed by atoms with Gasteiger partial charge in [-0.05, 0) is 13.0 Å². The summed E-state index contributed by atoms with van der Waals surface area (Å²) in [5, 5.41) is 12.3. The van der Waals surface area contributed by atoms with Crippen molar-refractivity contribution in [3.63, 3.8) is 0 Å². The van der Waals surface area contributed by atoms with Crippen LogP contribution in [-0.4, -0.2) is 30.2 Å². The zero-order valence-corrected chi connectivity index (χ0v) is 10.0. The fourth-order valence-corrected chi connectivity index (χ4v) is 1.46. The van der Waals surface area contributed by atoms with Gasteiger partial charge in [0.05, 0.1) is 6.10 Å². The highest BCUT2D eigenvalue weighted by Crippen LogP contribution is 2.03. The first-order valence-corrected chi connectivity index (χ1v) is 6.29. The fraction of sp³-hybridized carbons (Fsp3) is 1.00. The fourth-order valence-electron chi connectivity index (χ4n) is 1.35. The smallest absolute Gasteiger partial charge is 0.0799 e. The predicted molar refractivity (Wildman–Crippen MR) is 63.0 cm³/mol. The summed E-state index contributed by atoms with van der Waals surface area (Å²) in [5.41, 5.74) is 0. The van der Waals surface area contributed by atoms with E-state index in [4.69, 9.17) is 16.7 Å². The van der Waals surface area contributed by atoms with E-state index >= 15 is 0 Å². The van der Waals surface area contributed by atoms with Gasteiger partial charge in [-0.1, -0.05) is 39.0 Å². The van der Waals surface area contributed by atoms with Crippen LogP contribution in [0, 0.1) is 0 Å². The molecule has 0 bridgehead atoms. The van der Waals surface area contributed by atoms with Gasteiger partial charge in [0.25, 0.3) is 0 Å². The SMILES string of the molecule is CCCCCCCCNCC(O)CCl. The van der Waals surface area contributed by atoms with Gasteiger partial charge in [-0.3, -0.25) is 0 Å². The van der Waals surface area contributed by atoms with E-state index in [2.05, 4.69) is 12.2 Å². The zero-order valence-electron chi connectivity index (χ0n) is 9.27. The summed E-state index contributed by atoms with van der Waals surface area (Å²) in [5.74, 6) is 0.323. The second-order valence-corrected chi connectivity index (χ2v) is 4.09. The van der Waals surface area contributed by atoms with Crippen LogP contribution < -0.4 is 5.32 Å². The van der Waals surface area contributed by atoms with Crippen molar-refractivity contribution in [2.24, 2.45) is 0 Å². The number of unbranched alkanes of at least 4 members (excludes halogenated alkanes) is 5. The molecule has 0 radical (unpaired) electrons. The summed E-state index contributed by atoms with van der Waals surface area (Å²) in [6.45, 7) is 3.85. The van der Waals surface area contributed by atoms with Crippen LogP contribution in [0.3, 0.4) is 0 Å². The molecule has 0 saturated carbocycles. The van der Waals surface area contributed by atoms with E-state index in [9.17, 15) is 0 Å². The Balaban J connectivity index is 2.92. The molecule has 0 aliphatic carbocycles. The standard InChI is InChI=1S/C11H24ClNO/c1-2-3-4-5-6-7-8-13-10-11(14)9-12/h11,13-14H,2-10H2,1H3. The summed E-state index contributed by atoms with van der Waals surface area (Å²) in [6, 6.07) is 0. The third-order valence-electron chi connectivity index (χ3n) is 2.27. The number of hydrogen-bond acceptors (Lipinski definition) is 2. The molecule has 1 unspecified atom stereocenters. The third-order valence-corrected chi connectivity index (χ3v) is 2.62. The molecule has 0 rings (SSSR count). The molecule has 14 heavy (non-hydrogen) atoms. The van der Waals surface area contributed by atoms with Crippen LogP contribution in [-0.2, 0) is 0 Å². The zero-order chi connectivity index (χ0) is 10.6. The average molecular weight is 222 g/mol. The summed E-state index contributed by atoms with van der Waals surface area (Å²) in [7, 11) is 0. The van der Waals surface area contributed by atoms with Crippen molar-refractivity contribution in [3.05, 3.63) is 0 Å². The number of aliphatic hydroxyl groups excluding tert-OH is 1. The maximum absolute atomic E-state index is 9.14. The van der Waals surface area contributed by atoms with Gasteiger partial charge in [0, 0.05) is 12.4 Å². The van der Waals surface area contributed by atoms with Crippen molar-refractivity contribution < 1.29 is 5.11 Å². The first kappa shape index (κ1) is 14.2. The molecule has 0 aliphatic rings. The minimum Gasteiger partial charge on any atom is -0.391 e. The Kier molecular flexibility index (Phi) is 11.5. The van der Waals surface area contributed by atoms with Crippen LogP contribution in [0.25, 0.3) is 0 Å². The monoisotopic (exact) mass is 221 g/mol. The summed E-state index contributed by atoms with van der Waals surface area (Å²) in [6.07, 6.45) is 7.48. The predicted octanol–water partition coefficient (Wildman–Crippen LogP) is 2.54. The molecule has 0 fully saturated rings. The van der Waals surface area contributed by atoms with Crippen LogP contribution in [0.5, 0.6) is 0 Å². The number of alkyl halides is 1. The highest BCUT2D eigenvalue weighted by atomic mass is 35.5. The van der Waals surface area contributed by atoms with Crippen molar-refractivity contribution in [2.75, 3.05) is 19.0 Å². The Labute approximate surface area is 93.0 Å². The lowest BCUT2D eigenvalue weighted by atomic mass is 10.1.